The van der Waals surface area contributed by atoms with E-state index in [-0.39, 0.29) is 23.3 Å². The van der Waals surface area contributed by atoms with E-state index < -0.39 is 0 Å². The van der Waals surface area contributed by atoms with Crippen LogP contribution in [0.15, 0.2) is 23.0 Å². The molecule has 1 aliphatic heterocycles. The third-order valence-corrected chi connectivity index (χ3v) is 4.66. The molecule has 0 aromatic heterocycles. The van der Waals surface area contributed by atoms with Gasteiger partial charge in [-0.3, -0.25) is 4.79 Å². The summed E-state index contributed by atoms with van der Waals surface area (Å²) in [5.74, 6) is 0.0882. The summed E-state index contributed by atoms with van der Waals surface area (Å²) in [5.41, 5.74) is 3.74. The maximum absolute atomic E-state index is 11.7. The number of carbonyl (C=O) groups is 1. The summed E-state index contributed by atoms with van der Waals surface area (Å²) >= 11 is 0. The molecular weight excluding hydrogens is 214 g/mol. The maximum Gasteiger partial charge on any atom is 0.251 e. The van der Waals surface area contributed by atoms with E-state index in [2.05, 4.69) is 19.2 Å². The SMILES string of the molecule is CC1(C)CCCC2=C1C1NC(=O)C(=CO)C1C2. The van der Waals surface area contributed by atoms with Crippen LogP contribution < -0.4 is 5.32 Å². The fourth-order valence-corrected chi connectivity index (χ4v) is 3.94. The molecule has 3 nitrogen and oxygen atoms in total. The highest BCUT2D eigenvalue weighted by Crippen LogP contribution is 2.52. The molecule has 1 amide bonds. The molecule has 0 bridgehead atoms. The van der Waals surface area contributed by atoms with E-state index in [9.17, 15) is 9.90 Å². The standard InChI is InChI=1S/C14H19NO2/c1-14(2)5-3-4-8-6-9-10(7-16)13(17)15-12(9)11(8)14/h7,9,12,16H,3-6H2,1-2H3,(H,15,17). The maximum atomic E-state index is 11.7. The van der Waals surface area contributed by atoms with Gasteiger partial charge in [0.2, 0.25) is 0 Å². The van der Waals surface area contributed by atoms with Gasteiger partial charge < -0.3 is 10.4 Å². The lowest BCUT2D eigenvalue weighted by Gasteiger charge is -2.35. The van der Waals surface area contributed by atoms with Crippen LogP contribution in [-0.2, 0) is 4.79 Å². The Morgan fingerprint density at radius 1 is 1.47 bits per heavy atom. The monoisotopic (exact) mass is 233 g/mol. The van der Waals surface area contributed by atoms with Gasteiger partial charge in [0.25, 0.3) is 5.91 Å². The van der Waals surface area contributed by atoms with Crippen molar-refractivity contribution in [2.24, 2.45) is 11.3 Å². The fraction of sp³-hybridized carbons (Fsp3) is 0.643. The van der Waals surface area contributed by atoms with Crippen molar-refractivity contribution in [2.45, 2.75) is 45.6 Å². The first-order valence-corrected chi connectivity index (χ1v) is 6.42. The molecule has 2 atom stereocenters. The van der Waals surface area contributed by atoms with Gasteiger partial charge in [-0.2, -0.15) is 0 Å². The van der Waals surface area contributed by atoms with Gasteiger partial charge in [-0.25, -0.2) is 0 Å². The van der Waals surface area contributed by atoms with Gasteiger partial charge in [0.05, 0.1) is 17.9 Å². The molecule has 0 spiro atoms. The van der Waals surface area contributed by atoms with Crippen molar-refractivity contribution in [2.75, 3.05) is 0 Å². The molecule has 0 aromatic carbocycles. The van der Waals surface area contributed by atoms with Crippen molar-refractivity contribution in [1.29, 1.82) is 0 Å². The first-order valence-electron chi connectivity index (χ1n) is 6.42. The molecule has 2 aliphatic carbocycles. The van der Waals surface area contributed by atoms with Crippen LogP contribution in [-0.4, -0.2) is 17.1 Å². The minimum atomic E-state index is -0.0876. The van der Waals surface area contributed by atoms with Crippen molar-refractivity contribution in [3.05, 3.63) is 23.0 Å². The third kappa shape index (κ3) is 1.38. The number of carbonyl (C=O) groups excluding carboxylic acids is 1. The van der Waals surface area contributed by atoms with E-state index >= 15 is 0 Å². The molecule has 0 aromatic rings. The average molecular weight is 233 g/mol. The van der Waals surface area contributed by atoms with Gasteiger partial charge in [-0.15, -0.1) is 0 Å². The van der Waals surface area contributed by atoms with Crippen LogP contribution in [0.5, 0.6) is 0 Å². The summed E-state index contributed by atoms with van der Waals surface area (Å²) in [5, 5.41) is 12.3. The summed E-state index contributed by atoms with van der Waals surface area (Å²) in [6.45, 7) is 4.55. The Balaban J connectivity index is 2.02. The van der Waals surface area contributed by atoms with Gasteiger partial charge in [0.15, 0.2) is 0 Å². The number of amides is 1. The highest BCUT2D eigenvalue weighted by atomic mass is 16.2. The molecular formula is C14H19NO2. The van der Waals surface area contributed by atoms with Gasteiger partial charge in [0.1, 0.15) is 0 Å². The van der Waals surface area contributed by atoms with Crippen LogP contribution in [0.4, 0.5) is 0 Å². The predicted octanol–water partition coefficient (Wildman–Crippen LogP) is 2.45. The molecule has 2 N–H and O–H groups in total. The van der Waals surface area contributed by atoms with E-state index in [1.54, 1.807) is 0 Å². The number of hydrogen-bond donors (Lipinski definition) is 2. The Bertz CT molecular complexity index is 445. The molecule has 92 valence electrons. The fourth-order valence-electron chi connectivity index (χ4n) is 3.94. The Morgan fingerprint density at radius 3 is 2.94 bits per heavy atom. The van der Waals surface area contributed by atoms with Crippen LogP contribution in [0.2, 0.25) is 0 Å². The van der Waals surface area contributed by atoms with Gasteiger partial charge in [-0.1, -0.05) is 19.4 Å². The predicted molar refractivity (Wildman–Crippen MR) is 65.4 cm³/mol. The van der Waals surface area contributed by atoms with Crippen molar-refractivity contribution >= 4 is 5.91 Å². The second-order valence-electron chi connectivity index (χ2n) is 6.10. The normalized spacial score (nSPS) is 37.1. The van der Waals surface area contributed by atoms with Crippen LogP contribution in [0.1, 0.15) is 39.5 Å². The minimum absolute atomic E-state index is 0.0876. The lowest BCUT2D eigenvalue weighted by atomic mass is 9.72. The molecule has 17 heavy (non-hydrogen) atoms. The van der Waals surface area contributed by atoms with Gasteiger partial charge >= 0.3 is 0 Å². The molecule has 3 aliphatic rings. The molecule has 1 saturated heterocycles. The Hall–Kier alpha value is -1.25. The highest BCUT2D eigenvalue weighted by Gasteiger charge is 2.49. The topological polar surface area (TPSA) is 49.3 Å². The molecule has 1 fully saturated rings. The van der Waals surface area contributed by atoms with Crippen molar-refractivity contribution in [1.82, 2.24) is 5.32 Å². The second-order valence-corrected chi connectivity index (χ2v) is 6.10. The zero-order valence-electron chi connectivity index (χ0n) is 10.4. The Kier molecular flexibility index (Phi) is 2.16. The van der Waals surface area contributed by atoms with E-state index in [1.807, 2.05) is 0 Å². The smallest absolute Gasteiger partial charge is 0.251 e. The lowest BCUT2D eigenvalue weighted by molar-refractivity contribution is -0.116. The second kappa shape index (κ2) is 3.37. The van der Waals surface area contributed by atoms with E-state index in [4.69, 9.17) is 0 Å². The van der Waals surface area contributed by atoms with Crippen molar-refractivity contribution < 1.29 is 9.90 Å². The minimum Gasteiger partial charge on any atom is -0.515 e. The largest absolute Gasteiger partial charge is 0.515 e. The molecule has 1 heterocycles. The number of aliphatic hydroxyl groups excluding tert-OH is 1. The van der Waals surface area contributed by atoms with Crippen LogP contribution >= 0.6 is 0 Å². The Morgan fingerprint density at radius 2 is 2.24 bits per heavy atom. The number of nitrogens with one attached hydrogen (secondary N) is 1. The van der Waals surface area contributed by atoms with E-state index in [0.29, 0.717) is 5.57 Å². The van der Waals surface area contributed by atoms with Crippen molar-refractivity contribution in [3.63, 3.8) is 0 Å². The zero-order chi connectivity index (χ0) is 12.2. The summed E-state index contributed by atoms with van der Waals surface area (Å²) in [7, 11) is 0. The van der Waals surface area contributed by atoms with E-state index in [1.165, 1.54) is 30.4 Å². The quantitative estimate of drug-likeness (QED) is 0.383. The van der Waals surface area contributed by atoms with E-state index in [0.717, 1.165) is 12.7 Å². The molecule has 3 rings (SSSR count). The van der Waals surface area contributed by atoms with Crippen LogP contribution in [0.25, 0.3) is 0 Å². The first-order chi connectivity index (χ1) is 8.04. The number of allylic oxidation sites excluding steroid dienone is 1. The first kappa shape index (κ1) is 10.9. The molecule has 3 heteroatoms. The number of aliphatic hydroxyl groups is 1. The molecule has 0 saturated carbocycles. The van der Waals surface area contributed by atoms with Crippen LogP contribution in [0.3, 0.4) is 0 Å². The number of fused-ring (bicyclic) bond motifs is 2. The molecule has 0 radical (unpaired) electrons. The highest BCUT2D eigenvalue weighted by molar-refractivity contribution is 5.97. The average Bonchev–Trinajstić information content (AvgIpc) is 2.71. The van der Waals surface area contributed by atoms with Crippen molar-refractivity contribution in [3.8, 4) is 0 Å². The third-order valence-electron chi connectivity index (χ3n) is 4.66. The summed E-state index contributed by atoms with van der Waals surface area (Å²) < 4.78 is 0. The zero-order valence-corrected chi connectivity index (χ0v) is 10.4. The summed E-state index contributed by atoms with van der Waals surface area (Å²) in [6, 6.07) is 0.145. The number of hydrogen-bond acceptors (Lipinski definition) is 2. The summed E-state index contributed by atoms with van der Waals surface area (Å²) in [6.07, 6.45) is 5.57. The molecule has 2 unspecified atom stereocenters. The Labute approximate surface area is 102 Å². The summed E-state index contributed by atoms with van der Waals surface area (Å²) in [4.78, 5) is 11.7. The van der Waals surface area contributed by atoms with Gasteiger partial charge in [0, 0.05) is 5.92 Å². The lowest BCUT2D eigenvalue weighted by Crippen LogP contribution is -2.35. The van der Waals surface area contributed by atoms with Crippen LogP contribution in [0, 0.1) is 11.3 Å². The number of rotatable bonds is 0. The van der Waals surface area contributed by atoms with Gasteiger partial charge in [-0.05, 0) is 36.7 Å².